The number of carbonyl (C=O) groups excluding carboxylic acids is 1. The summed E-state index contributed by atoms with van der Waals surface area (Å²) in [6, 6.07) is 11.9. The molecule has 0 atom stereocenters. The predicted molar refractivity (Wildman–Crippen MR) is 83.1 cm³/mol. The number of hydrogen-bond acceptors (Lipinski definition) is 3. The third-order valence-electron chi connectivity index (χ3n) is 3.01. The van der Waals surface area contributed by atoms with E-state index >= 15 is 0 Å². The van der Waals surface area contributed by atoms with Gasteiger partial charge < -0.3 is 16.3 Å². The van der Waals surface area contributed by atoms with Gasteiger partial charge in [0, 0.05) is 11.1 Å². The summed E-state index contributed by atoms with van der Waals surface area (Å²) in [5.74, 6) is -0.329. The number of aryl methyl sites for hydroxylation is 1. The van der Waals surface area contributed by atoms with Gasteiger partial charge in [-0.05, 0) is 36.8 Å². The number of oxime groups is 1. The van der Waals surface area contributed by atoms with Gasteiger partial charge in [-0.3, -0.25) is 4.79 Å². The topological polar surface area (TPSA) is 87.7 Å². The zero-order valence-corrected chi connectivity index (χ0v) is 12.1. The van der Waals surface area contributed by atoms with Crippen LogP contribution in [0.3, 0.4) is 0 Å². The molecule has 0 fully saturated rings. The fraction of sp³-hybridized carbons (Fsp3) is 0.0667. The van der Waals surface area contributed by atoms with Crippen molar-refractivity contribution < 1.29 is 10.0 Å². The summed E-state index contributed by atoms with van der Waals surface area (Å²) in [5, 5.41) is 14.7. The predicted octanol–water partition coefficient (Wildman–Crippen LogP) is 3.00. The molecule has 2 aromatic carbocycles. The average Bonchev–Trinajstić information content (AvgIpc) is 2.49. The lowest BCUT2D eigenvalue weighted by Crippen LogP contribution is -2.16. The van der Waals surface area contributed by atoms with Crippen molar-refractivity contribution in [3.8, 4) is 0 Å². The Balaban J connectivity index is 2.31. The highest BCUT2D eigenvalue weighted by Gasteiger charge is 2.12. The van der Waals surface area contributed by atoms with Gasteiger partial charge >= 0.3 is 0 Å². The molecule has 0 saturated carbocycles. The van der Waals surface area contributed by atoms with E-state index in [9.17, 15) is 4.79 Å². The lowest BCUT2D eigenvalue weighted by atomic mass is 10.1. The number of benzene rings is 2. The number of nitrogens with zero attached hydrogens (tertiary/aromatic N) is 1. The van der Waals surface area contributed by atoms with Crippen LogP contribution in [0.1, 0.15) is 21.5 Å². The number of rotatable bonds is 3. The van der Waals surface area contributed by atoms with Crippen molar-refractivity contribution in [1.82, 2.24) is 0 Å². The van der Waals surface area contributed by atoms with Gasteiger partial charge in [0.15, 0.2) is 5.84 Å². The van der Waals surface area contributed by atoms with Crippen molar-refractivity contribution in [3.05, 3.63) is 64.2 Å². The second-order valence-corrected chi connectivity index (χ2v) is 4.86. The second-order valence-electron chi connectivity index (χ2n) is 4.45. The molecule has 0 aromatic heterocycles. The smallest absolute Gasteiger partial charge is 0.255 e. The van der Waals surface area contributed by atoms with Gasteiger partial charge in [0.25, 0.3) is 5.91 Å². The number of carbonyl (C=O) groups is 1. The van der Waals surface area contributed by atoms with Crippen molar-refractivity contribution in [3.63, 3.8) is 0 Å². The summed E-state index contributed by atoms with van der Waals surface area (Å²) in [6.45, 7) is 1.85. The maximum atomic E-state index is 12.3. The molecule has 1 amide bonds. The SMILES string of the molecule is Cc1ccccc1C(=O)Nc1cc(/C(N)=N/O)ccc1Cl. The largest absolute Gasteiger partial charge is 0.409 e. The van der Waals surface area contributed by atoms with Gasteiger partial charge in [-0.1, -0.05) is 35.0 Å². The maximum absolute atomic E-state index is 12.3. The Hall–Kier alpha value is -2.53. The molecule has 0 heterocycles. The first-order valence-electron chi connectivity index (χ1n) is 6.17. The van der Waals surface area contributed by atoms with Crippen molar-refractivity contribution in [1.29, 1.82) is 0 Å². The number of halogens is 1. The zero-order chi connectivity index (χ0) is 15.4. The molecular weight excluding hydrogens is 290 g/mol. The number of hydrogen-bond donors (Lipinski definition) is 3. The summed E-state index contributed by atoms with van der Waals surface area (Å²) < 4.78 is 0. The number of amides is 1. The van der Waals surface area contributed by atoms with Crippen molar-refractivity contribution in [2.75, 3.05) is 5.32 Å². The molecule has 21 heavy (non-hydrogen) atoms. The number of nitrogens with one attached hydrogen (secondary N) is 1. The minimum Gasteiger partial charge on any atom is -0.409 e. The minimum atomic E-state index is -0.272. The van der Waals surface area contributed by atoms with Gasteiger partial charge in [-0.15, -0.1) is 0 Å². The number of amidine groups is 1. The van der Waals surface area contributed by atoms with Crippen LogP contribution in [0.15, 0.2) is 47.6 Å². The quantitative estimate of drug-likeness (QED) is 0.352. The van der Waals surface area contributed by atoms with Crippen LogP contribution in [0.4, 0.5) is 5.69 Å². The molecular formula is C15H14ClN3O2. The Labute approximate surface area is 127 Å². The van der Waals surface area contributed by atoms with E-state index in [-0.39, 0.29) is 11.7 Å². The van der Waals surface area contributed by atoms with E-state index in [1.165, 1.54) is 0 Å². The van der Waals surface area contributed by atoms with Crippen molar-refractivity contribution in [2.24, 2.45) is 10.9 Å². The van der Waals surface area contributed by atoms with E-state index in [2.05, 4.69) is 10.5 Å². The van der Waals surface area contributed by atoms with Gasteiger partial charge in [0.05, 0.1) is 10.7 Å². The van der Waals surface area contributed by atoms with Crippen LogP contribution in [0.25, 0.3) is 0 Å². The Morgan fingerprint density at radius 3 is 2.67 bits per heavy atom. The Bertz CT molecular complexity index is 714. The number of anilines is 1. The fourth-order valence-electron chi connectivity index (χ4n) is 1.86. The summed E-state index contributed by atoms with van der Waals surface area (Å²) in [6.07, 6.45) is 0. The van der Waals surface area contributed by atoms with Crippen LogP contribution in [0.5, 0.6) is 0 Å². The Morgan fingerprint density at radius 2 is 2.00 bits per heavy atom. The summed E-state index contributed by atoms with van der Waals surface area (Å²) in [7, 11) is 0. The van der Waals surface area contributed by atoms with E-state index < -0.39 is 0 Å². The summed E-state index contributed by atoms with van der Waals surface area (Å²) >= 11 is 6.06. The molecule has 6 heteroatoms. The third kappa shape index (κ3) is 3.32. The molecule has 108 valence electrons. The van der Waals surface area contributed by atoms with E-state index in [0.29, 0.717) is 21.8 Å². The van der Waals surface area contributed by atoms with Crippen LogP contribution in [-0.4, -0.2) is 17.0 Å². The molecule has 0 unspecified atom stereocenters. The molecule has 0 aliphatic carbocycles. The van der Waals surface area contributed by atoms with Crippen LogP contribution in [0, 0.1) is 6.92 Å². The highest BCUT2D eigenvalue weighted by Crippen LogP contribution is 2.24. The molecule has 2 aromatic rings. The zero-order valence-electron chi connectivity index (χ0n) is 11.3. The molecule has 5 nitrogen and oxygen atoms in total. The van der Waals surface area contributed by atoms with E-state index in [1.807, 2.05) is 19.1 Å². The van der Waals surface area contributed by atoms with Crippen molar-refractivity contribution >= 4 is 29.0 Å². The van der Waals surface area contributed by atoms with Gasteiger partial charge in [0.1, 0.15) is 0 Å². The first kappa shape index (κ1) is 14.9. The molecule has 0 spiro atoms. The molecule has 0 bridgehead atoms. The maximum Gasteiger partial charge on any atom is 0.255 e. The average molecular weight is 304 g/mol. The van der Waals surface area contributed by atoms with Crippen LogP contribution >= 0.6 is 11.6 Å². The molecule has 4 N–H and O–H groups in total. The summed E-state index contributed by atoms with van der Waals surface area (Å²) in [5.41, 5.74) is 7.80. The Morgan fingerprint density at radius 1 is 1.29 bits per heavy atom. The van der Waals surface area contributed by atoms with E-state index in [0.717, 1.165) is 5.56 Å². The van der Waals surface area contributed by atoms with Crippen LogP contribution < -0.4 is 11.1 Å². The molecule has 0 saturated heterocycles. The molecule has 0 aliphatic heterocycles. The highest BCUT2D eigenvalue weighted by atomic mass is 35.5. The van der Waals surface area contributed by atoms with Gasteiger partial charge in [-0.25, -0.2) is 0 Å². The van der Waals surface area contributed by atoms with E-state index in [1.54, 1.807) is 30.3 Å². The second kappa shape index (κ2) is 6.28. The number of nitrogens with two attached hydrogens (primary N) is 1. The molecule has 0 aliphatic rings. The molecule has 2 rings (SSSR count). The first-order valence-corrected chi connectivity index (χ1v) is 6.55. The first-order chi connectivity index (χ1) is 10.0. The van der Waals surface area contributed by atoms with Crippen molar-refractivity contribution in [2.45, 2.75) is 6.92 Å². The lowest BCUT2D eigenvalue weighted by Gasteiger charge is -2.10. The third-order valence-corrected chi connectivity index (χ3v) is 3.34. The Kier molecular flexibility index (Phi) is 4.45. The standard InChI is InChI=1S/C15H14ClN3O2/c1-9-4-2-3-5-11(9)15(20)18-13-8-10(14(17)19-21)6-7-12(13)16/h2-8,21H,1H3,(H2,17,19)(H,18,20). The monoisotopic (exact) mass is 303 g/mol. The normalized spacial score (nSPS) is 11.2. The van der Waals surface area contributed by atoms with Crippen LogP contribution in [0.2, 0.25) is 5.02 Å². The van der Waals surface area contributed by atoms with Crippen LogP contribution in [-0.2, 0) is 0 Å². The van der Waals surface area contributed by atoms with Gasteiger partial charge in [0.2, 0.25) is 0 Å². The minimum absolute atomic E-state index is 0.0574. The summed E-state index contributed by atoms with van der Waals surface area (Å²) in [4.78, 5) is 12.3. The van der Waals surface area contributed by atoms with Gasteiger partial charge in [-0.2, -0.15) is 0 Å². The lowest BCUT2D eigenvalue weighted by molar-refractivity contribution is 0.102. The molecule has 0 radical (unpaired) electrons. The fourth-order valence-corrected chi connectivity index (χ4v) is 2.02. The highest BCUT2D eigenvalue weighted by molar-refractivity contribution is 6.34. The van der Waals surface area contributed by atoms with E-state index in [4.69, 9.17) is 22.5 Å².